The number of ether oxygens (including phenoxy) is 1. The largest absolute Gasteiger partial charge is 0.364 e. The van der Waals surface area contributed by atoms with Gasteiger partial charge in [0.25, 0.3) is 0 Å². The van der Waals surface area contributed by atoms with Gasteiger partial charge in [-0.2, -0.15) is 0 Å². The summed E-state index contributed by atoms with van der Waals surface area (Å²) in [4.78, 5) is 13.5. The normalized spacial score (nSPS) is 33.6. The molecule has 0 bridgehead atoms. The summed E-state index contributed by atoms with van der Waals surface area (Å²) >= 11 is 0. The molecule has 1 atom stereocenters. The minimum atomic E-state index is -0.217. The van der Waals surface area contributed by atoms with E-state index in [1.165, 1.54) is 0 Å². The lowest BCUT2D eigenvalue weighted by atomic mass is 9.99. The Kier molecular flexibility index (Phi) is 2.49. The lowest BCUT2D eigenvalue weighted by Gasteiger charge is -2.40. The van der Waals surface area contributed by atoms with Gasteiger partial charge >= 0.3 is 0 Å². The van der Waals surface area contributed by atoms with Crippen LogP contribution in [0, 0.1) is 0 Å². The fourth-order valence-corrected chi connectivity index (χ4v) is 1.99. The lowest BCUT2D eigenvalue weighted by Crippen LogP contribution is -2.54. The SMILES string of the molecule is CC1(CCN)CN(C2CC2)C(=O)CO1. The minimum Gasteiger partial charge on any atom is -0.364 e. The number of hydrogen-bond acceptors (Lipinski definition) is 3. The Balaban J connectivity index is 2.00. The topological polar surface area (TPSA) is 55.6 Å². The lowest BCUT2D eigenvalue weighted by molar-refractivity contribution is -0.162. The molecule has 1 amide bonds. The van der Waals surface area contributed by atoms with Gasteiger partial charge in [-0.3, -0.25) is 4.79 Å². The highest BCUT2D eigenvalue weighted by molar-refractivity contribution is 5.79. The second-order valence-corrected chi connectivity index (χ2v) is 4.53. The summed E-state index contributed by atoms with van der Waals surface area (Å²) in [6.07, 6.45) is 3.14. The molecule has 0 aromatic rings. The van der Waals surface area contributed by atoms with Crippen molar-refractivity contribution in [1.82, 2.24) is 4.90 Å². The minimum absolute atomic E-state index is 0.141. The van der Waals surface area contributed by atoms with E-state index in [-0.39, 0.29) is 18.1 Å². The number of amides is 1. The van der Waals surface area contributed by atoms with Gasteiger partial charge in [0.05, 0.1) is 5.60 Å². The summed E-state index contributed by atoms with van der Waals surface area (Å²) in [6, 6.07) is 0.489. The Morgan fingerprint density at radius 2 is 2.36 bits per heavy atom. The maximum absolute atomic E-state index is 11.5. The Hall–Kier alpha value is -0.610. The number of hydrogen-bond donors (Lipinski definition) is 1. The molecule has 1 aliphatic carbocycles. The molecule has 2 rings (SSSR count). The molecule has 0 spiro atoms. The molecule has 4 heteroatoms. The summed E-state index contributed by atoms with van der Waals surface area (Å²) in [6.45, 7) is 3.60. The maximum Gasteiger partial charge on any atom is 0.248 e. The molecule has 4 nitrogen and oxygen atoms in total. The Morgan fingerprint density at radius 1 is 1.64 bits per heavy atom. The molecule has 1 aliphatic heterocycles. The summed E-state index contributed by atoms with van der Waals surface area (Å²) in [5, 5.41) is 0. The number of rotatable bonds is 3. The van der Waals surface area contributed by atoms with Crippen molar-refractivity contribution in [2.24, 2.45) is 5.73 Å². The van der Waals surface area contributed by atoms with E-state index >= 15 is 0 Å². The van der Waals surface area contributed by atoms with Crippen molar-refractivity contribution in [2.45, 2.75) is 37.8 Å². The number of carbonyl (C=O) groups is 1. The van der Waals surface area contributed by atoms with Crippen molar-refractivity contribution >= 4 is 5.91 Å². The summed E-state index contributed by atoms with van der Waals surface area (Å²) in [5.41, 5.74) is 5.32. The third kappa shape index (κ3) is 1.91. The van der Waals surface area contributed by atoms with Crippen LogP contribution in [0.2, 0.25) is 0 Å². The smallest absolute Gasteiger partial charge is 0.248 e. The third-order valence-electron chi connectivity index (χ3n) is 3.03. The van der Waals surface area contributed by atoms with Crippen LogP contribution in [0.15, 0.2) is 0 Å². The van der Waals surface area contributed by atoms with Crippen LogP contribution in [0.1, 0.15) is 26.2 Å². The van der Waals surface area contributed by atoms with E-state index in [4.69, 9.17) is 10.5 Å². The van der Waals surface area contributed by atoms with Crippen molar-refractivity contribution in [2.75, 3.05) is 19.7 Å². The molecule has 1 saturated heterocycles. The van der Waals surface area contributed by atoms with E-state index in [1.54, 1.807) is 0 Å². The first kappa shape index (κ1) is 9.93. The van der Waals surface area contributed by atoms with Crippen LogP contribution in [0.3, 0.4) is 0 Å². The van der Waals surface area contributed by atoms with Gasteiger partial charge in [-0.25, -0.2) is 0 Å². The molecule has 2 N–H and O–H groups in total. The van der Waals surface area contributed by atoms with Gasteiger partial charge in [0, 0.05) is 12.6 Å². The highest BCUT2D eigenvalue weighted by Gasteiger charge is 2.41. The molecule has 0 aromatic heterocycles. The van der Waals surface area contributed by atoms with Crippen LogP contribution in [0.4, 0.5) is 0 Å². The molecular formula is C10H18N2O2. The van der Waals surface area contributed by atoms with Gasteiger partial charge in [0.2, 0.25) is 5.91 Å². The summed E-state index contributed by atoms with van der Waals surface area (Å²) in [5.74, 6) is 0.141. The monoisotopic (exact) mass is 198 g/mol. The van der Waals surface area contributed by atoms with Crippen molar-refractivity contribution < 1.29 is 9.53 Å². The van der Waals surface area contributed by atoms with Crippen LogP contribution in [-0.2, 0) is 9.53 Å². The van der Waals surface area contributed by atoms with Crippen molar-refractivity contribution in [3.05, 3.63) is 0 Å². The maximum atomic E-state index is 11.5. The number of nitrogens with zero attached hydrogens (tertiary/aromatic N) is 1. The zero-order valence-electron chi connectivity index (χ0n) is 8.66. The molecule has 2 aliphatic rings. The highest BCUT2D eigenvalue weighted by Crippen LogP contribution is 2.32. The van der Waals surface area contributed by atoms with Gasteiger partial charge in [0.1, 0.15) is 6.61 Å². The number of carbonyl (C=O) groups excluding carboxylic acids is 1. The van der Waals surface area contributed by atoms with Crippen LogP contribution < -0.4 is 5.73 Å². The van der Waals surface area contributed by atoms with E-state index in [2.05, 4.69) is 0 Å². The molecule has 14 heavy (non-hydrogen) atoms. The molecule has 80 valence electrons. The Morgan fingerprint density at radius 3 is 2.93 bits per heavy atom. The van der Waals surface area contributed by atoms with Crippen LogP contribution >= 0.6 is 0 Å². The van der Waals surface area contributed by atoms with E-state index in [1.807, 2.05) is 11.8 Å². The van der Waals surface area contributed by atoms with Crippen molar-refractivity contribution in [1.29, 1.82) is 0 Å². The Bertz CT molecular complexity index is 240. The molecular weight excluding hydrogens is 180 g/mol. The second-order valence-electron chi connectivity index (χ2n) is 4.53. The van der Waals surface area contributed by atoms with Crippen LogP contribution in [-0.4, -0.2) is 42.1 Å². The van der Waals surface area contributed by atoms with E-state index in [9.17, 15) is 4.79 Å². The summed E-state index contributed by atoms with van der Waals surface area (Å²) < 4.78 is 5.56. The predicted molar refractivity (Wildman–Crippen MR) is 52.8 cm³/mol. The fraction of sp³-hybridized carbons (Fsp3) is 0.900. The average Bonchev–Trinajstić information content (AvgIpc) is 2.93. The van der Waals surface area contributed by atoms with Gasteiger partial charge in [-0.1, -0.05) is 0 Å². The molecule has 1 unspecified atom stereocenters. The van der Waals surface area contributed by atoms with Gasteiger partial charge in [-0.05, 0) is 32.7 Å². The van der Waals surface area contributed by atoms with Crippen molar-refractivity contribution in [3.63, 3.8) is 0 Å². The molecule has 2 fully saturated rings. The second kappa shape index (κ2) is 3.51. The number of nitrogens with two attached hydrogens (primary N) is 1. The highest BCUT2D eigenvalue weighted by atomic mass is 16.5. The van der Waals surface area contributed by atoms with E-state index < -0.39 is 0 Å². The van der Waals surface area contributed by atoms with Gasteiger partial charge in [-0.15, -0.1) is 0 Å². The predicted octanol–water partition coefficient (Wildman–Crippen LogP) is 0.115. The van der Waals surface area contributed by atoms with Gasteiger partial charge in [0.15, 0.2) is 0 Å². The van der Waals surface area contributed by atoms with E-state index in [0.29, 0.717) is 19.1 Å². The van der Waals surface area contributed by atoms with E-state index in [0.717, 1.165) is 19.3 Å². The first-order valence-corrected chi connectivity index (χ1v) is 5.28. The van der Waals surface area contributed by atoms with Gasteiger partial charge < -0.3 is 15.4 Å². The van der Waals surface area contributed by atoms with Crippen LogP contribution in [0.5, 0.6) is 0 Å². The molecule has 1 saturated carbocycles. The first-order chi connectivity index (χ1) is 6.64. The third-order valence-corrected chi connectivity index (χ3v) is 3.03. The zero-order valence-corrected chi connectivity index (χ0v) is 8.66. The quantitative estimate of drug-likeness (QED) is 0.700. The van der Waals surface area contributed by atoms with Crippen molar-refractivity contribution in [3.8, 4) is 0 Å². The zero-order chi connectivity index (χ0) is 10.2. The average molecular weight is 198 g/mol. The molecule has 1 heterocycles. The molecule has 0 radical (unpaired) electrons. The Labute approximate surface area is 84.4 Å². The number of morpholine rings is 1. The van der Waals surface area contributed by atoms with Crippen LogP contribution in [0.25, 0.3) is 0 Å². The summed E-state index contributed by atoms with van der Waals surface area (Å²) in [7, 11) is 0. The first-order valence-electron chi connectivity index (χ1n) is 5.28. The molecule has 0 aromatic carbocycles. The standard InChI is InChI=1S/C10H18N2O2/c1-10(4-5-11)7-12(8-2-3-8)9(13)6-14-10/h8H,2-7,11H2,1H3. The fourth-order valence-electron chi connectivity index (χ4n) is 1.99.